The average Bonchev–Trinajstić information content (AvgIpc) is 3.56. The molecule has 6 rings (SSSR count). The molecule has 0 saturated heterocycles. The first kappa shape index (κ1) is 21.6. The van der Waals surface area contributed by atoms with E-state index in [-0.39, 0.29) is 24.4 Å². The van der Waals surface area contributed by atoms with Gasteiger partial charge in [-0.1, -0.05) is 23.4 Å². The summed E-state index contributed by atoms with van der Waals surface area (Å²) in [6, 6.07) is 9.21. The molecular weight excluding hydrogens is 465 g/mol. The summed E-state index contributed by atoms with van der Waals surface area (Å²) in [5.41, 5.74) is 1.42. The number of halogens is 3. The van der Waals surface area contributed by atoms with Crippen molar-refractivity contribution in [3.05, 3.63) is 60.0 Å². The minimum atomic E-state index is -4.72. The molecule has 1 aromatic carbocycles. The van der Waals surface area contributed by atoms with E-state index in [1.807, 2.05) is 18.2 Å². The second-order valence-corrected chi connectivity index (χ2v) is 8.80. The Morgan fingerprint density at radius 1 is 1.20 bits per heavy atom. The highest BCUT2D eigenvalue weighted by atomic mass is 19.4. The maximum atomic E-state index is 13.7. The smallest absolute Gasteiger partial charge is 0.455 e. The molecule has 3 aromatic heterocycles. The number of amides is 1. The van der Waals surface area contributed by atoms with Crippen LogP contribution in [0.2, 0.25) is 0 Å². The van der Waals surface area contributed by atoms with Gasteiger partial charge in [-0.25, -0.2) is 4.98 Å². The van der Waals surface area contributed by atoms with Gasteiger partial charge in [-0.05, 0) is 43.4 Å². The molecule has 1 saturated carbocycles. The lowest BCUT2D eigenvalue weighted by atomic mass is 9.69. The molecule has 1 amide bonds. The van der Waals surface area contributed by atoms with Crippen molar-refractivity contribution in [1.29, 1.82) is 0 Å². The summed E-state index contributed by atoms with van der Waals surface area (Å²) in [5.74, 6) is -1.17. The van der Waals surface area contributed by atoms with Crippen molar-refractivity contribution in [2.75, 3.05) is 4.90 Å². The molecule has 4 aromatic rings. The lowest BCUT2D eigenvalue weighted by molar-refractivity contribution is -0.146. The number of nitrogens with one attached hydrogen (secondary N) is 1. The summed E-state index contributed by atoms with van der Waals surface area (Å²) >= 11 is 0. The Kier molecular flexibility index (Phi) is 4.80. The molecule has 1 fully saturated rings. The van der Waals surface area contributed by atoms with Crippen LogP contribution in [0.4, 0.5) is 18.9 Å². The van der Waals surface area contributed by atoms with E-state index >= 15 is 0 Å². The molecule has 1 aliphatic heterocycles. The molecule has 1 N–H and O–H groups in total. The number of aromatic nitrogens is 5. The van der Waals surface area contributed by atoms with Gasteiger partial charge in [-0.2, -0.15) is 23.3 Å². The van der Waals surface area contributed by atoms with E-state index in [1.54, 1.807) is 24.5 Å². The third-order valence-corrected chi connectivity index (χ3v) is 6.74. The summed E-state index contributed by atoms with van der Waals surface area (Å²) in [6.45, 7) is -0.225. The highest BCUT2D eigenvalue weighted by Crippen LogP contribution is 2.50. The van der Waals surface area contributed by atoms with Crippen LogP contribution >= 0.6 is 0 Å². The van der Waals surface area contributed by atoms with Gasteiger partial charge in [0, 0.05) is 11.1 Å². The first-order chi connectivity index (χ1) is 16.8. The monoisotopic (exact) mass is 484 g/mol. The number of hydrogen-bond donors (Lipinski definition) is 1. The van der Waals surface area contributed by atoms with Crippen LogP contribution in [0.15, 0.2) is 47.2 Å². The quantitative estimate of drug-likeness (QED) is 0.463. The van der Waals surface area contributed by atoms with Crippen LogP contribution in [0.3, 0.4) is 0 Å². The van der Waals surface area contributed by atoms with E-state index in [2.05, 4.69) is 25.3 Å². The predicted molar refractivity (Wildman–Crippen MR) is 115 cm³/mol. The molecule has 9 nitrogen and oxygen atoms in total. The van der Waals surface area contributed by atoms with Gasteiger partial charge in [0.15, 0.2) is 5.65 Å². The Labute approximate surface area is 196 Å². The number of carbonyl (C=O) groups is 1. The molecule has 1 aliphatic carbocycles. The fourth-order valence-electron chi connectivity index (χ4n) is 5.08. The largest absolute Gasteiger partial charge is 0.489 e. The van der Waals surface area contributed by atoms with Gasteiger partial charge in [0.25, 0.3) is 5.82 Å². The number of benzene rings is 1. The van der Waals surface area contributed by atoms with Crippen molar-refractivity contribution in [3.8, 4) is 5.75 Å². The average molecular weight is 484 g/mol. The van der Waals surface area contributed by atoms with Crippen LogP contribution in [0, 0.1) is 0 Å². The number of anilines is 1. The molecule has 0 unspecified atom stereocenters. The molecular formula is C23H19F3N6O3. The summed E-state index contributed by atoms with van der Waals surface area (Å²) in [4.78, 5) is 22.9. The maximum absolute atomic E-state index is 13.7. The van der Waals surface area contributed by atoms with E-state index < -0.39 is 17.4 Å². The van der Waals surface area contributed by atoms with E-state index in [9.17, 15) is 18.0 Å². The number of carbonyl (C=O) groups excluding carboxylic acids is 1. The summed E-state index contributed by atoms with van der Waals surface area (Å²) < 4.78 is 49.6. The normalized spacial score (nSPS) is 22.2. The van der Waals surface area contributed by atoms with E-state index in [4.69, 9.17) is 9.26 Å². The number of alkyl halides is 3. The zero-order chi connectivity index (χ0) is 24.2. The Morgan fingerprint density at radius 2 is 2.00 bits per heavy atom. The number of pyridine rings is 1. The number of nitrogens with zero attached hydrogens (tertiary/aromatic N) is 5. The highest BCUT2D eigenvalue weighted by Gasteiger charge is 2.52. The van der Waals surface area contributed by atoms with E-state index in [0.29, 0.717) is 42.8 Å². The molecule has 1 spiro atoms. The van der Waals surface area contributed by atoms with Crippen LogP contribution in [0.25, 0.3) is 11.0 Å². The molecule has 180 valence electrons. The Morgan fingerprint density at radius 3 is 2.77 bits per heavy atom. The lowest BCUT2D eigenvalue weighted by Crippen LogP contribution is -2.44. The summed E-state index contributed by atoms with van der Waals surface area (Å²) in [6.07, 6.45) is 0.868. The van der Waals surface area contributed by atoms with Crippen molar-refractivity contribution in [2.24, 2.45) is 0 Å². The molecule has 35 heavy (non-hydrogen) atoms. The number of para-hydroxylation sites is 1. The van der Waals surface area contributed by atoms with Crippen molar-refractivity contribution < 1.29 is 27.2 Å². The number of rotatable bonds is 4. The van der Waals surface area contributed by atoms with Crippen LogP contribution in [-0.2, 0) is 22.9 Å². The summed E-state index contributed by atoms with van der Waals surface area (Å²) in [7, 11) is 0. The van der Waals surface area contributed by atoms with Crippen LogP contribution in [-0.4, -0.2) is 37.3 Å². The Bertz CT molecular complexity index is 1410. The van der Waals surface area contributed by atoms with E-state index in [1.165, 1.54) is 4.90 Å². The first-order valence-electron chi connectivity index (χ1n) is 11.1. The number of ether oxygens (including phenoxy) is 1. The second kappa shape index (κ2) is 7.79. The van der Waals surface area contributed by atoms with Gasteiger partial charge >= 0.3 is 6.18 Å². The molecule has 0 bridgehead atoms. The van der Waals surface area contributed by atoms with Gasteiger partial charge in [0.05, 0.1) is 23.9 Å². The molecule has 2 aliphatic rings. The Hall–Kier alpha value is -3.96. The molecule has 12 heteroatoms. The van der Waals surface area contributed by atoms with Gasteiger partial charge in [0.2, 0.25) is 11.8 Å². The van der Waals surface area contributed by atoms with Crippen LogP contribution in [0.1, 0.15) is 43.0 Å². The standard InChI is InChI=1S/C23H19F3N6O3/c24-23(25,26)20-29-18(35-31-20)12-32-17-4-2-1-3-16(17)22(21(32)33)7-5-14(6-8-22)34-15-9-13-10-28-30-19(13)27-11-15/h1-4,9-11,14H,5-8,12H2,(H,27,28,30). The van der Waals surface area contributed by atoms with Crippen molar-refractivity contribution in [3.63, 3.8) is 0 Å². The third kappa shape index (κ3) is 3.60. The fraction of sp³-hybridized carbons (Fsp3) is 0.348. The first-order valence-corrected chi connectivity index (χ1v) is 11.1. The zero-order valence-corrected chi connectivity index (χ0v) is 18.2. The van der Waals surface area contributed by atoms with Crippen molar-refractivity contribution >= 4 is 22.6 Å². The number of H-pyrrole nitrogens is 1. The highest BCUT2D eigenvalue weighted by molar-refractivity contribution is 6.08. The Balaban J connectivity index is 1.21. The molecule has 0 atom stereocenters. The lowest BCUT2D eigenvalue weighted by Gasteiger charge is -2.36. The minimum absolute atomic E-state index is 0.0916. The topological polar surface area (TPSA) is 110 Å². The van der Waals surface area contributed by atoms with Crippen LogP contribution in [0.5, 0.6) is 5.75 Å². The van der Waals surface area contributed by atoms with Gasteiger partial charge in [-0.3, -0.25) is 9.89 Å². The third-order valence-electron chi connectivity index (χ3n) is 6.74. The van der Waals surface area contributed by atoms with Gasteiger partial charge < -0.3 is 14.2 Å². The van der Waals surface area contributed by atoms with Gasteiger partial charge in [-0.15, -0.1) is 0 Å². The second-order valence-electron chi connectivity index (χ2n) is 8.80. The van der Waals surface area contributed by atoms with E-state index in [0.717, 1.165) is 10.9 Å². The van der Waals surface area contributed by atoms with Gasteiger partial charge in [0.1, 0.15) is 12.3 Å². The van der Waals surface area contributed by atoms with Crippen LogP contribution < -0.4 is 9.64 Å². The number of hydrogen-bond acceptors (Lipinski definition) is 7. The maximum Gasteiger partial charge on any atom is 0.455 e. The summed E-state index contributed by atoms with van der Waals surface area (Å²) in [5, 5.41) is 10.6. The SMILES string of the molecule is O=C1N(Cc2nc(C(F)(F)F)no2)c2ccccc2C12CCC(Oc1cnc3[nH]ncc3c1)CC2. The van der Waals surface area contributed by atoms with Crippen molar-refractivity contribution in [2.45, 2.75) is 49.9 Å². The zero-order valence-electron chi connectivity index (χ0n) is 18.2. The van der Waals surface area contributed by atoms with Crippen molar-refractivity contribution in [1.82, 2.24) is 25.3 Å². The molecule has 0 radical (unpaired) electrons. The fourth-order valence-corrected chi connectivity index (χ4v) is 5.08. The molecule has 4 heterocycles. The number of aromatic amines is 1. The minimum Gasteiger partial charge on any atom is -0.489 e. The number of fused-ring (bicyclic) bond motifs is 3. The predicted octanol–water partition coefficient (Wildman–Crippen LogP) is 4.17.